The van der Waals surface area contributed by atoms with Gasteiger partial charge in [-0.05, 0) is 0 Å². The normalized spacial score (nSPS) is 13.3. The van der Waals surface area contributed by atoms with Gasteiger partial charge in [-0.1, -0.05) is 4.99 Å². The molecule has 0 spiro atoms. The van der Waals surface area contributed by atoms with Crippen molar-refractivity contribution >= 4 is 6.34 Å². The fraction of sp³-hybridized carbons (Fsp3) is 0. The summed E-state index contributed by atoms with van der Waals surface area (Å²) < 4.78 is 0. The van der Waals surface area contributed by atoms with Gasteiger partial charge in [0.1, 0.15) is 6.20 Å². The molecular weight excluding hydrogens is 144 g/mol. The number of aliphatic imine (C=N–C) groups is 1. The molecule has 0 aromatic rings. The number of nitrogens with zero attached hydrogens (tertiary/aromatic N) is 1. The Morgan fingerprint density at radius 1 is 1.50 bits per heavy atom. The van der Waals surface area contributed by atoms with Gasteiger partial charge in [0.05, 0.1) is 0 Å². The molecule has 0 fully saturated rings. The predicted octanol–water partition coefficient (Wildman–Crippen LogP) is -3.57. The van der Waals surface area contributed by atoms with Crippen LogP contribution in [0.2, 0.25) is 0 Å². The molecule has 0 bridgehead atoms. The van der Waals surface area contributed by atoms with Crippen LogP contribution in [0.3, 0.4) is 0 Å². The van der Waals surface area contributed by atoms with Crippen LogP contribution in [0.1, 0.15) is 0 Å². The Kier molecular flexibility index (Phi) is 2.75. The van der Waals surface area contributed by atoms with Gasteiger partial charge in [-0.25, -0.2) is 5.32 Å². The summed E-state index contributed by atoms with van der Waals surface area (Å²) in [5.74, 6) is 0. The molecule has 0 saturated carbocycles. The van der Waals surface area contributed by atoms with Crippen molar-refractivity contribution in [1.82, 2.24) is 10.3 Å². The minimum absolute atomic E-state index is 0. The molecule has 33 valence electrons. The Balaban J connectivity index is 0.000000250. The molecule has 1 radical (unpaired) electrons. The zero-order valence-electron chi connectivity index (χ0n) is 3.06. The first kappa shape index (κ1) is 5.69. The lowest BCUT2D eigenvalue weighted by atomic mass is 11.0. The van der Waals surface area contributed by atoms with Crippen molar-refractivity contribution in [2.75, 3.05) is 0 Å². The highest BCUT2D eigenvalue weighted by Crippen LogP contribution is 1.58. The maximum atomic E-state index is 3.67. The number of rotatable bonds is 0. The SMILES string of the molecule is C1=CNC=[N+]1.[Br-]. The van der Waals surface area contributed by atoms with Crippen molar-refractivity contribution in [2.24, 2.45) is 0 Å². The quantitative estimate of drug-likeness (QED) is 0.378. The minimum Gasteiger partial charge on any atom is -1.00 e. The molecule has 2 nitrogen and oxygen atoms in total. The van der Waals surface area contributed by atoms with E-state index in [9.17, 15) is 0 Å². The van der Waals surface area contributed by atoms with Crippen LogP contribution in [0.5, 0.6) is 0 Å². The van der Waals surface area contributed by atoms with E-state index >= 15 is 0 Å². The third-order valence-electron chi connectivity index (χ3n) is 0.406. The number of hydrogen-bond donors (Lipinski definition) is 1. The molecule has 1 aliphatic rings. The molecule has 3 heteroatoms. The largest absolute Gasteiger partial charge is 1.00 e. The summed E-state index contributed by atoms with van der Waals surface area (Å²) in [5, 5.41) is 2.75. The van der Waals surface area contributed by atoms with Gasteiger partial charge in [0.2, 0.25) is 0 Å². The predicted molar refractivity (Wildman–Crippen MR) is 20.5 cm³/mol. The Morgan fingerprint density at radius 2 is 2.33 bits per heavy atom. The van der Waals surface area contributed by atoms with Crippen molar-refractivity contribution < 1.29 is 17.0 Å². The smallest absolute Gasteiger partial charge is 0.284 e. The van der Waals surface area contributed by atoms with Gasteiger partial charge >= 0.3 is 0 Å². The van der Waals surface area contributed by atoms with Crippen LogP contribution in [0.15, 0.2) is 12.4 Å². The second-order valence-electron chi connectivity index (χ2n) is 0.761. The lowest BCUT2D eigenvalue weighted by molar-refractivity contribution is -0.00000111. The lowest BCUT2D eigenvalue weighted by Gasteiger charge is -1.54. The van der Waals surface area contributed by atoms with Crippen molar-refractivity contribution in [1.29, 1.82) is 0 Å². The summed E-state index contributed by atoms with van der Waals surface area (Å²) in [5.41, 5.74) is 0. The van der Waals surface area contributed by atoms with Crippen LogP contribution in [0.25, 0.3) is 0 Å². The summed E-state index contributed by atoms with van der Waals surface area (Å²) >= 11 is 0. The Hall–Kier alpha value is -0.310. The summed E-state index contributed by atoms with van der Waals surface area (Å²) in [7, 11) is 0. The van der Waals surface area contributed by atoms with Gasteiger partial charge in [0.25, 0.3) is 6.34 Å². The summed E-state index contributed by atoms with van der Waals surface area (Å²) in [6, 6.07) is 0. The first-order chi connectivity index (χ1) is 2.50. The molecule has 1 heterocycles. The van der Waals surface area contributed by atoms with Crippen LogP contribution in [0, 0.1) is 0 Å². The first-order valence-electron chi connectivity index (χ1n) is 1.43. The summed E-state index contributed by atoms with van der Waals surface area (Å²) in [4.78, 5) is 3.67. The monoisotopic (exact) mass is 147 g/mol. The molecule has 0 amide bonds. The molecule has 0 atom stereocenters. The van der Waals surface area contributed by atoms with Gasteiger partial charge < -0.3 is 17.0 Å². The maximum Gasteiger partial charge on any atom is 0.284 e. The molecular formula is C3H4BrN2. The Bertz CT molecular complexity index is 66.9. The van der Waals surface area contributed by atoms with E-state index in [1.54, 1.807) is 18.7 Å². The molecule has 1 rings (SSSR count). The average molecular weight is 148 g/mol. The molecule has 0 aromatic carbocycles. The highest BCUT2D eigenvalue weighted by atomic mass is 79.9. The van der Waals surface area contributed by atoms with E-state index in [-0.39, 0.29) is 17.0 Å². The summed E-state index contributed by atoms with van der Waals surface area (Å²) in [6.45, 7) is 0. The zero-order valence-corrected chi connectivity index (χ0v) is 4.64. The van der Waals surface area contributed by atoms with E-state index in [0.29, 0.717) is 0 Å². The first-order valence-corrected chi connectivity index (χ1v) is 1.43. The standard InChI is InChI=1S/C3H4N2.BrH/c1-2-5-3-4-1;/h1-4H;1H/q+1;/p-1. The van der Waals surface area contributed by atoms with Crippen molar-refractivity contribution in [3.05, 3.63) is 12.4 Å². The molecule has 0 aliphatic carbocycles. The number of hydrogen-bond acceptors (Lipinski definition) is 2. The molecule has 0 aromatic heterocycles. The lowest BCUT2D eigenvalue weighted by Crippen LogP contribution is -3.00. The van der Waals surface area contributed by atoms with E-state index in [2.05, 4.69) is 10.3 Å². The van der Waals surface area contributed by atoms with E-state index in [1.165, 1.54) is 0 Å². The van der Waals surface area contributed by atoms with Crippen molar-refractivity contribution in [3.63, 3.8) is 0 Å². The van der Waals surface area contributed by atoms with E-state index < -0.39 is 0 Å². The average Bonchev–Trinajstić information content (AvgIpc) is 1.76. The van der Waals surface area contributed by atoms with E-state index in [1.807, 2.05) is 0 Å². The third kappa shape index (κ3) is 1.21. The number of halogens is 1. The van der Waals surface area contributed by atoms with Crippen LogP contribution >= 0.6 is 0 Å². The van der Waals surface area contributed by atoms with Crippen LogP contribution in [-0.2, 0) is 0 Å². The van der Waals surface area contributed by atoms with E-state index in [0.717, 1.165) is 0 Å². The van der Waals surface area contributed by atoms with Crippen molar-refractivity contribution in [3.8, 4) is 0 Å². The van der Waals surface area contributed by atoms with Crippen LogP contribution in [0.4, 0.5) is 0 Å². The highest BCUT2D eigenvalue weighted by Gasteiger charge is 1.83. The molecule has 6 heavy (non-hydrogen) atoms. The van der Waals surface area contributed by atoms with Crippen LogP contribution in [-0.4, -0.2) is 6.34 Å². The maximum absolute atomic E-state index is 3.67. The highest BCUT2D eigenvalue weighted by molar-refractivity contribution is 5.57. The van der Waals surface area contributed by atoms with Gasteiger partial charge in [0.15, 0.2) is 6.20 Å². The third-order valence-corrected chi connectivity index (χ3v) is 0.406. The Labute approximate surface area is 46.7 Å². The van der Waals surface area contributed by atoms with E-state index in [4.69, 9.17) is 0 Å². The summed E-state index contributed by atoms with van der Waals surface area (Å²) in [6.07, 6.45) is 5.08. The zero-order chi connectivity index (χ0) is 3.54. The van der Waals surface area contributed by atoms with Crippen LogP contribution < -0.4 is 27.3 Å². The second kappa shape index (κ2) is 2.90. The Morgan fingerprint density at radius 3 is 2.50 bits per heavy atom. The topological polar surface area (TPSA) is 26.1 Å². The van der Waals surface area contributed by atoms with Gasteiger partial charge in [-0.3, -0.25) is 0 Å². The van der Waals surface area contributed by atoms with Gasteiger partial charge in [-0.15, -0.1) is 0 Å². The minimum atomic E-state index is 0. The molecule has 1 aliphatic heterocycles. The molecule has 1 N–H and O–H groups in total. The molecule has 0 saturated heterocycles. The number of nitrogens with one attached hydrogen (secondary N) is 1. The fourth-order valence-electron chi connectivity index (χ4n) is 0.215. The van der Waals surface area contributed by atoms with Gasteiger partial charge in [0, 0.05) is 0 Å². The van der Waals surface area contributed by atoms with Gasteiger partial charge in [-0.2, -0.15) is 0 Å². The second-order valence-corrected chi connectivity index (χ2v) is 0.761. The fourth-order valence-corrected chi connectivity index (χ4v) is 0.215. The van der Waals surface area contributed by atoms with Crippen molar-refractivity contribution in [2.45, 2.75) is 0 Å². The molecule has 0 unspecified atom stereocenters.